The molecule has 1 aliphatic heterocycles. The Morgan fingerprint density at radius 2 is 1.66 bits per heavy atom. The van der Waals surface area contributed by atoms with Gasteiger partial charge < -0.3 is 19.5 Å². The number of benzene rings is 2. The molecule has 0 saturated carbocycles. The van der Waals surface area contributed by atoms with E-state index in [4.69, 9.17) is 9.47 Å². The van der Waals surface area contributed by atoms with Crippen molar-refractivity contribution in [3.63, 3.8) is 0 Å². The highest BCUT2D eigenvalue weighted by atomic mass is 16.5. The van der Waals surface area contributed by atoms with Crippen molar-refractivity contribution in [3.05, 3.63) is 65.4 Å². The highest BCUT2D eigenvalue weighted by Gasteiger charge is 2.40. The molecule has 1 N–H and O–H groups in total. The first-order valence-corrected chi connectivity index (χ1v) is 9.20. The lowest BCUT2D eigenvalue weighted by atomic mass is 10.0. The van der Waals surface area contributed by atoms with Crippen LogP contribution < -0.4 is 9.47 Å². The van der Waals surface area contributed by atoms with Crippen molar-refractivity contribution in [1.29, 1.82) is 0 Å². The smallest absolute Gasteiger partial charge is 0.278 e. The fraction of sp³-hybridized carbons (Fsp3) is 0.273. The lowest BCUT2D eigenvalue weighted by molar-refractivity contribution is -0.138. The van der Waals surface area contributed by atoms with Gasteiger partial charge >= 0.3 is 0 Å². The molecular weight excluding hydrogens is 372 g/mol. The second-order valence-corrected chi connectivity index (χ2v) is 6.61. The fourth-order valence-electron chi connectivity index (χ4n) is 3.34. The van der Waals surface area contributed by atoms with Gasteiger partial charge in [0.1, 0.15) is 17.2 Å². The van der Waals surface area contributed by atoms with E-state index in [2.05, 4.69) is 0 Å². The zero-order chi connectivity index (χ0) is 21.0. The standard InChI is InChI=1S/C22H24N2O5/c1-23(12-13-25)20-19(15-8-10-17(28-2)11-9-15)21(26)24(22(20)27)14-16-6-4-5-7-18(16)29-3/h4-11,25H,12-14H2,1-3H3. The maximum atomic E-state index is 13.3. The average Bonchev–Trinajstić information content (AvgIpc) is 2.99. The highest BCUT2D eigenvalue weighted by molar-refractivity contribution is 6.35. The molecule has 0 radical (unpaired) electrons. The normalized spacial score (nSPS) is 13.9. The van der Waals surface area contributed by atoms with Crippen LogP contribution in [0.1, 0.15) is 11.1 Å². The number of ether oxygens (including phenoxy) is 2. The number of hydrogen-bond acceptors (Lipinski definition) is 6. The topological polar surface area (TPSA) is 79.3 Å². The molecule has 0 fully saturated rings. The molecule has 0 bridgehead atoms. The summed E-state index contributed by atoms with van der Waals surface area (Å²) >= 11 is 0. The number of rotatable bonds is 8. The third-order valence-corrected chi connectivity index (χ3v) is 4.86. The predicted molar refractivity (Wildman–Crippen MR) is 108 cm³/mol. The van der Waals surface area contributed by atoms with Crippen LogP contribution in [-0.2, 0) is 16.1 Å². The second-order valence-electron chi connectivity index (χ2n) is 6.61. The number of likely N-dealkylation sites (N-methyl/N-ethyl adjacent to an activating group) is 1. The van der Waals surface area contributed by atoms with Gasteiger partial charge in [-0.3, -0.25) is 14.5 Å². The van der Waals surface area contributed by atoms with Gasteiger partial charge in [-0.15, -0.1) is 0 Å². The fourth-order valence-corrected chi connectivity index (χ4v) is 3.34. The minimum atomic E-state index is -0.400. The summed E-state index contributed by atoms with van der Waals surface area (Å²) in [7, 11) is 4.80. The monoisotopic (exact) mass is 396 g/mol. The van der Waals surface area contributed by atoms with Gasteiger partial charge in [0.2, 0.25) is 0 Å². The molecule has 7 heteroatoms. The molecule has 3 rings (SSSR count). The molecule has 0 aromatic heterocycles. The molecule has 2 amide bonds. The summed E-state index contributed by atoms with van der Waals surface area (Å²) in [6.45, 7) is 0.193. The van der Waals surface area contributed by atoms with E-state index in [0.29, 0.717) is 22.6 Å². The van der Waals surface area contributed by atoms with Crippen LogP contribution in [0.4, 0.5) is 0 Å². The number of aliphatic hydroxyl groups excluding tert-OH is 1. The average molecular weight is 396 g/mol. The van der Waals surface area contributed by atoms with Crippen LogP contribution in [0.15, 0.2) is 54.2 Å². The van der Waals surface area contributed by atoms with E-state index in [1.54, 1.807) is 56.5 Å². The molecule has 29 heavy (non-hydrogen) atoms. The first-order chi connectivity index (χ1) is 14.0. The van der Waals surface area contributed by atoms with Crippen LogP contribution in [0.2, 0.25) is 0 Å². The summed E-state index contributed by atoms with van der Waals surface area (Å²) in [6, 6.07) is 14.3. The van der Waals surface area contributed by atoms with E-state index in [1.165, 1.54) is 4.90 Å². The van der Waals surface area contributed by atoms with Gasteiger partial charge in [-0.1, -0.05) is 30.3 Å². The number of aliphatic hydroxyl groups is 1. The Morgan fingerprint density at radius 3 is 2.28 bits per heavy atom. The van der Waals surface area contributed by atoms with E-state index in [0.717, 1.165) is 5.56 Å². The highest BCUT2D eigenvalue weighted by Crippen LogP contribution is 2.33. The third kappa shape index (κ3) is 3.95. The Labute approximate surface area is 169 Å². The number of carbonyl (C=O) groups is 2. The summed E-state index contributed by atoms with van der Waals surface area (Å²) in [5.74, 6) is 0.479. The lowest BCUT2D eigenvalue weighted by Gasteiger charge is -2.21. The van der Waals surface area contributed by atoms with Crippen LogP contribution >= 0.6 is 0 Å². The van der Waals surface area contributed by atoms with Gasteiger partial charge in [-0.05, 0) is 23.8 Å². The zero-order valence-electron chi connectivity index (χ0n) is 16.7. The van der Waals surface area contributed by atoms with Crippen LogP contribution in [-0.4, -0.2) is 61.1 Å². The van der Waals surface area contributed by atoms with Crippen LogP contribution in [0.25, 0.3) is 5.57 Å². The van der Waals surface area contributed by atoms with Crippen molar-refractivity contribution < 1.29 is 24.2 Å². The quantitative estimate of drug-likeness (QED) is 0.687. The molecule has 0 aliphatic carbocycles. The van der Waals surface area contributed by atoms with Gasteiger partial charge in [-0.2, -0.15) is 0 Å². The summed E-state index contributed by atoms with van der Waals surface area (Å²) < 4.78 is 10.5. The van der Waals surface area contributed by atoms with Gasteiger partial charge in [0, 0.05) is 19.2 Å². The largest absolute Gasteiger partial charge is 0.497 e. The van der Waals surface area contributed by atoms with Gasteiger partial charge in [-0.25, -0.2) is 0 Å². The van der Waals surface area contributed by atoms with Crippen molar-refractivity contribution in [2.75, 3.05) is 34.4 Å². The Bertz CT molecular complexity index is 936. The Balaban J connectivity index is 2.02. The number of amides is 2. The Kier molecular flexibility index (Phi) is 6.19. The number of methoxy groups -OCH3 is 2. The van der Waals surface area contributed by atoms with Gasteiger partial charge in [0.15, 0.2) is 0 Å². The van der Waals surface area contributed by atoms with Crippen molar-refractivity contribution in [3.8, 4) is 11.5 Å². The molecule has 0 atom stereocenters. The summed E-state index contributed by atoms with van der Waals surface area (Å²) in [6.07, 6.45) is 0. The summed E-state index contributed by atoms with van der Waals surface area (Å²) in [5.41, 5.74) is 1.93. The van der Waals surface area contributed by atoms with E-state index in [-0.39, 0.29) is 31.3 Å². The molecule has 0 spiro atoms. The Morgan fingerprint density at radius 1 is 0.966 bits per heavy atom. The predicted octanol–water partition coefficient (Wildman–Crippen LogP) is 1.91. The van der Waals surface area contributed by atoms with Crippen molar-refractivity contribution >= 4 is 17.4 Å². The van der Waals surface area contributed by atoms with Crippen molar-refractivity contribution in [1.82, 2.24) is 9.80 Å². The van der Waals surface area contributed by atoms with Crippen molar-refractivity contribution in [2.24, 2.45) is 0 Å². The minimum Gasteiger partial charge on any atom is -0.497 e. The molecule has 152 valence electrons. The maximum absolute atomic E-state index is 13.3. The molecule has 0 unspecified atom stereocenters. The minimum absolute atomic E-state index is 0.0950. The first kappa shape index (κ1) is 20.4. The molecular formula is C22H24N2O5. The van der Waals surface area contributed by atoms with Crippen molar-refractivity contribution in [2.45, 2.75) is 6.54 Å². The first-order valence-electron chi connectivity index (χ1n) is 9.20. The van der Waals surface area contributed by atoms with Crippen LogP contribution in [0, 0.1) is 0 Å². The van der Waals surface area contributed by atoms with E-state index in [1.807, 2.05) is 18.2 Å². The number of nitrogens with zero attached hydrogens (tertiary/aromatic N) is 2. The maximum Gasteiger partial charge on any atom is 0.278 e. The number of imide groups is 1. The zero-order valence-corrected chi connectivity index (χ0v) is 16.7. The number of hydrogen-bond donors (Lipinski definition) is 1. The molecule has 1 heterocycles. The molecule has 2 aromatic rings. The van der Waals surface area contributed by atoms with Gasteiger partial charge in [0.05, 0.1) is 32.9 Å². The summed E-state index contributed by atoms with van der Waals surface area (Å²) in [5, 5.41) is 9.34. The van der Waals surface area contributed by atoms with Gasteiger partial charge in [0.25, 0.3) is 11.8 Å². The third-order valence-electron chi connectivity index (χ3n) is 4.86. The second kappa shape index (κ2) is 8.79. The van der Waals surface area contributed by atoms with Crippen LogP contribution in [0.3, 0.4) is 0 Å². The van der Waals surface area contributed by atoms with E-state index in [9.17, 15) is 14.7 Å². The van der Waals surface area contributed by atoms with E-state index >= 15 is 0 Å². The van der Waals surface area contributed by atoms with E-state index < -0.39 is 5.91 Å². The number of para-hydroxylation sites is 1. The molecule has 1 aliphatic rings. The van der Waals surface area contributed by atoms with Crippen LogP contribution in [0.5, 0.6) is 11.5 Å². The number of carbonyl (C=O) groups excluding carboxylic acids is 2. The molecule has 7 nitrogen and oxygen atoms in total. The molecule has 0 saturated heterocycles. The summed E-state index contributed by atoms with van der Waals surface area (Å²) in [4.78, 5) is 29.3. The lowest BCUT2D eigenvalue weighted by Crippen LogP contribution is -2.34. The molecule has 2 aromatic carbocycles. The Hall–Kier alpha value is -3.32. The SMILES string of the molecule is COc1ccc(C2=C(N(C)CCO)C(=O)N(Cc3ccccc3OC)C2=O)cc1.